The van der Waals surface area contributed by atoms with Crippen LogP contribution in [0.3, 0.4) is 0 Å². The summed E-state index contributed by atoms with van der Waals surface area (Å²) in [5.74, 6) is 0.315. The molecule has 3 heteroatoms. The molecule has 0 fully saturated rings. The van der Waals surface area contributed by atoms with Crippen LogP contribution >= 0.6 is 0 Å². The van der Waals surface area contributed by atoms with Crippen LogP contribution in [0, 0.1) is 6.92 Å². The summed E-state index contributed by atoms with van der Waals surface area (Å²) < 4.78 is 1.95. The number of hydrogen-bond acceptors (Lipinski definition) is 2. The number of benzene rings is 1. The minimum absolute atomic E-state index is 0.130. The standard InChI is InChI=1S/C17H24N2O/c1-6-11-19-16(17(3,4)5)15(20)14(18-19)13-9-7-12(2)8-10-13/h7-10,20H,6,11H2,1-5H3. The number of hydrogen-bond donors (Lipinski definition) is 1. The molecular weight excluding hydrogens is 248 g/mol. The SMILES string of the molecule is CCCn1nc(-c2ccc(C)cc2)c(O)c1C(C)(C)C. The van der Waals surface area contributed by atoms with E-state index in [4.69, 9.17) is 0 Å². The van der Waals surface area contributed by atoms with Crippen molar-refractivity contribution in [2.24, 2.45) is 0 Å². The summed E-state index contributed by atoms with van der Waals surface area (Å²) in [5, 5.41) is 15.2. The molecule has 1 aromatic carbocycles. The zero-order valence-corrected chi connectivity index (χ0v) is 13.1. The van der Waals surface area contributed by atoms with Gasteiger partial charge in [-0.25, -0.2) is 0 Å². The molecule has 2 rings (SSSR count). The Hall–Kier alpha value is -1.77. The highest BCUT2D eigenvalue weighted by Crippen LogP contribution is 2.38. The van der Waals surface area contributed by atoms with Crippen LogP contribution in [0.2, 0.25) is 0 Å². The molecule has 1 aromatic heterocycles. The van der Waals surface area contributed by atoms with Crippen LogP contribution in [0.4, 0.5) is 0 Å². The van der Waals surface area contributed by atoms with Crippen molar-refractivity contribution in [3.63, 3.8) is 0 Å². The summed E-state index contributed by atoms with van der Waals surface area (Å²) in [6.07, 6.45) is 0.998. The molecule has 2 aromatic rings. The third-order valence-corrected chi connectivity index (χ3v) is 3.40. The maximum atomic E-state index is 10.6. The molecule has 1 heterocycles. The zero-order valence-electron chi connectivity index (χ0n) is 13.1. The normalized spacial score (nSPS) is 11.8. The Kier molecular flexibility index (Phi) is 3.89. The van der Waals surface area contributed by atoms with Crippen LogP contribution in [0.15, 0.2) is 24.3 Å². The Labute approximate surface area is 121 Å². The van der Waals surface area contributed by atoms with E-state index in [-0.39, 0.29) is 5.41 Å². The molecule has 0 amide bonds. The van der Waals surface area contributed by atoms with Crippen LogP contribution in [0.25, 0.3) is 11.3 Å². The first kappa shape index (κ1) is 14.6. The highest BCUT2D eigenvalue weighted by Gasteiger charge is 2.27. The van der Waals surface area contributed by atoms with Gasteiger partial charge in [-0.05, 0) is 13.3 Å². The molecule has 0 saturated heterocycles. The minimum Gasteiger partial charge on any atom is -0.504 e. The van der Waals surface area contributed by atoms with Gasteiger partial charge in [-0.15, -0.1) is 0 Å². The number of aryl methyl sites for hydroxylation is 2. The Morgan fingerprint density at radius 2 is 1.75 bits per heavy atom. The van der Waals surface area contributed by atoms with E-state index in [1.54, 1.807) is 0 Å². The molecule has 0 aliphatic carbocycles. The van der Waals surface area contributed by atoms with Crippen molar-refractivity contribution in [2.75, 3.05) is 0 Å². The number of aromatic hydroxyl groups is 1. The van der Waals surface area contributed by atoms with E-state index in [9.17, 15) is 5.11 Å². The zero-order chi connectivity index (χ0) is 14.9. The molecule has 0 atom stereocenters. The van der Waals surface area contributed by atoms with E-state index >= 15 is 0 Å². The number of nitrogens with zero attached hydrogens (tertiary/aromatic N) is 2. The molecule has 0 radical (unpaired) electrons. The number of rotatable bonds is 3. The van der Waals surface area contributed by atoms with Crippen molar-refractivity contribution in [1.29, 1.82) is 0 Å². The van der Waals surface area contributed by atoms with Gasteiger partial charge in [-0.3, -0.25) is 4.68 Å². The first-order valence-corrected chi connectivity index (χ1v) is 7.22. The van der Waals surface area contributed by atoms with E-state index in [0.717, 1.165) is 24.2 Å². The Morgan fingerprint density at radius 3 is 2.25 bits per heavy atom. The van der Waals surface area contributed by atoms with E-state index in [1.807, 2.05) is 28.9 Å². The lowest BCUT2D eigenvalue weighted by Crippen LogP contribution is -2.18. The third kappa shape index (κ3) is 2.72. The van der Waals surface area contributed by atoms with Gasteiger partial charge >= 0.3 is 0 Å². The molecule has 0 aliphatic heterocycles. The van der Waals surface area contributed by atoms with Crippen LogP contribution in [0.1, 0.15) is 45.4 Å². The lowest BCUT2D eigenvalue weighted by molar-refractivity contribution is 0.423. The summed E-state index contributed by atoms with van der Waals surface area (Å²) in [6.45, 7) is 11.3. The largest absolute Gasteiger partial charge is 0.504 e. The minimum atomic E-state index is -0.130. The quantitative estimate of drug-likeness (QED) is 0.906. The van der Waals surface area contributed by atoms with E-state index in [0.29, 0.717) is 11.4 Å². The molecule has 0 spiro atoms. The van der Waals surface area contributed by atoms with E-state index in [2.05, 4.69) is 39.7 Å². The van der Waals surface area contributed by atoms with Crippen LogP contribution in [-0.2, 0) is 12.0 Å². The fourth-order valence-electron chi connectivity index (χ4n) is 2.47. The smallest absolute Gasteiger partial charge is 0.165 e. The van der Waals surface area contributed by atoms with Gasteiger partial charge in [0.25, 0.3) is 0 Å². The van der Waals surface area contributed by atoms with Crippen molar-refractivity contribution < 1.29 is 5.11 Å². The van der Waals surface area contributed by atoms with Gasteiger partial charge in [0.1, 0.15) is 5.69 Å². The average Bonchev–Trinajstić information content (AvgIpc) is 2.67. The fourth-order valence-corrected chi connectivity index (χ4v) is 2.47. The topological polar surface area (TPSA) is 38.0 Å². The third-order valence-electron chi connectivity index (χ3n) is 3.40. The predicted molar refractivity (Wildman–Crippen MR) is 83.1 cm³/mol. The highest BCUT2D eigenvalue weighted by molar-refractivity contribution is 5.68. The fraction of sp³-hybridized carbons (Fsp3) is 0.471. The van der Waals surface area contributed by atoms with E-state index < -0.39 is 0 Å². The van der Waals surface area contributed by atoms with Crippen LogP contribution in [0.5, 0.6) is 5.75 Å². The van der Waals surface area contributed by atoms with Gasteiger partial charge in [-0.2, -0.15) is 5.10 Å². The van der Waals surface area contributed by atoms with Crippen molar-refractivity contribution >= 4 is 0 Å². The van der Waals surface area contributed by atoms with Crippen molar-refractivity contribution in [1.82, 2.24) is 9.78 Å². The van der Waals surface area contributed by atoms with Gasteiger partial charge < -0.3 is 5.11 Å². The second-order valence-electron chi connectivity index (χ2n) is 6.38. The second kappa shape index (κ2) is 5.31. The second-order valence-corrected chi connectivity index (χ2v) is 6.38. The Morgan fingerprint density at radius 1 is 1.15 bits per heavy atom. The molecule has 0 bridgehead atoms. The van der Waals surface area contributed by atoms with E-state index in [1.165, 1.54) is 5.56 Å². The maximum Gasteiger partial charge on any atom is 0.165 e. The molecule has 0 saturated carbocycles. The molecule has 1 N–H and O–H groups in total. The Balaban J connectivity index is 2.58. The lowest BCUT2D eigenvalue weighted by Gasteiger charge is -2.20. The molecule has 20 heavy (non-hydrogen) atoms. The van der Waals surface area contributed by atoms with Crippen LogP contribution < -0.4 is 0 Å². The summed E-state index contributed by atoms with van der Waals surface area (Å²) >= 11 is 0. The van der Waals surface area contributed by atoms with Crippen LogP contribution in [-0.4, -0.2) is 14.9 Å². The molecule has 108 valence electrons. The lowest BCUT2D eigenvalue weighted by atomic mass is 9.90. The maximum absolute atomic E-state index is 10.6. The summed E-state index contributed by atoms with van der Waals surface area (Å²) in [7, 11) is 0. The van der Waals surface area contributed by atoms with Gasteiger partial charge in [0.15, 0.2) is 5.75 Å². The molecule has 0 aliphatic rings. The predicted octanol–water partition coefficient (Wildman–Crippen LogP) is 4.27. The van der Waals surface area contributed by atoms with Crippen molar-refractivity contribution in [3.05, 3.63) is 35.5 Å². The van der Waals surface area contributed by atoms with Gasteiger partial charge in [-0.1, -0.05) is 57.5 Å². The van der Waals surface area contributed by atoms with Gasteiger partial charge in [0.05, 0.1) is 5.69 Å². The Bertz CT molecular complexity index is 589. The van der Waals surface area contributed by atoms with Gasteiger partial charge in [0.2, 0.25) is 0 Å². The monoisotopic (exact) mass is 272 g/mol. The summed E-state index contributed by atoms with van der Waals surface area (Å²) in [6, 6.07) is 8.12. The average molecular weight is 272 g/mol. The molecule has 0 unspecified atom stereocenters. The first-order valence-electron chi connectivity index (χ1n) is 7.22. The summed E-state index contributed by atoms with van der Waals surface area (Å²) in [4.78, 5) is 0. The highest BCUT2D eigenvalue weighted by atomic mass is 16.3. The van der Waals surface area contributed by atoms with Crippen molar-refractivity contribution in [2.45, 2.75) is 53.0 Å². The molecular formula is C17H24N2O. The first-order chi connectivity index (χ1) is 9.34. The summed E-state index contributed by atoms with van der Waals surface area (Å²) in [5.41, 5.74) is 3.64. The number of aromatic nitrogens is 2. The molecule has 3 nitrogen and oxygen atoms in total. The van der Waals surface area contributed by atoms with Crippen molar-refractivity contribution in [3.8, 4) is 17.0 Å². The van der Waals surface area contributed by atoms with Gasteiger partial charge in [0, 0.05) is 17.5 Å².